The molecule has 2 nitrogen and oxygen atoms in total. The molecule has 0 heterocycles. The first-order valence-corrected chi connectivity index (χ1v) is 6.50. The van der Waals surface area contributed by atoms with Gasteiger partial charge in [-0.1, -0.05) is 13.8 Å². The van der Waals surface area contributed by atoms with Gasteiger partial charge in [-0.05, 0) is 26.8 Å². The van der Waals surface area contributed by atoms with Crippen molar-refractivity contribution >= 4 is 8.58 Å². The molecule has 1 unspecified atom stereocenters. The summed E-state index contributed by atoms with van der Waals surface area (Å²) in [5, 5.41) is 18.3. The summed E-state index contributed by atoms with van der Waals surface area (Å²) in [6, 6.07) is 4.63. The lowest BCUT2D eigenvalue weighted by atomic mass is 10.2. The fourth-order valence-electron chi connectivity index (χ4n) is 0.955. The molecule has 0 amide bonds. The number of phenols is 2. The van der Waals surface area contributed by atoms with Crippen molar-refractivity contribution < 1.29 is 10.2 Å². The molecule has 0 bridgehead atoms. The lowest BCUT2D eigenvalue weighted by Crippen LogP contribution is -1.79. The van der Waals surface area contributed by atoms with Gasteiger partial charge in [0.05, 0.1) is 6.16 Å². The Balaban J connectivity index is 0.000000671. The van der Waals surface area contributed by atoms with Crippen LogP contribution in [-0.2, 0) is 6.16 Å². The van der Waals surface area contributed by atoms with Crippen molar-refractivity contribution in [1.82, 2.24) is 0 Å². The van der Waals surface area contributed by atoms with E-state index in [9.17, 15) is 5.11 Å². The molecule has 13 heavy (non-hydrogen) atoms. The second-order valence-corrected chi connectivity index (χ2v) is 3.65. The van der Waals surface area contributed by atoms with E-state index in [1.165, 1.54) is 12.1 Å². The minimum atomic E-state index is 0.227. The summed E-state index contributed by atoms with van der Waals surface area (Å²) in [5.41, 5.74) is 0.850. The Morgan fingerprint density at radius 1 is 1.23 bits per heavy atom. The second-order valence-electron chi connectivity index (χ2n) is 2.43. The molecule has 1 atom stereocenters. The van der Waals surface area contributed by atoms with Gasteiger partial charge in [0.2, 0.25) is 0 Å². The summed E-state index contributed by atoms with van der Waals surface area (Å²) in [7, 11) is 0.332. The molecule has 3 heteroatoms. The monoisotopic (exact) mass is 201 g/mol. The maximum atomic E-state index is 9.27. The summed E-state index contributed by atoms with van der Waals surface area (Å²) in [6.45, 7) is 6.11. The minimum absolute atomic E-state index is 0.227. The van der Waals surface area contributed by atoms with Crippen LogP contribution in [0.2, 0.25) is 0 Å². The molecule has 0 saturated carbocycles. The van der Waals surface area contributed by atoms with E-state index >= 15 is 0 Å². The van der Waals surface area contributed by atoms with Crippen molar-refractivity contribution in [3.63, 3.8) is 0 Å². The highest BCUT2D eigenvalue weighted by Gasteiger charge is 2.02. The van der Waals surface area contributed by atoms with Gasteiger partial charge in [-0.25, -0.2) is 0 Å². The predicted octanol–water partition coefficient (Wildman–Crippen LogP) is 2.66. The number of hydrogen-bond acceptors (Lipinski definition) is 2. The lowest BCUT2D eigenvalue weighted by Gasteiger charge is -1.99. The van der Waals surface area contributed by atoms with E-state index in [0.717, 1.165) is 11.7 Å². The molecule has 74 valence electrons. The molecule has 2 N–H and O–H groups in total. The number of phenolic OH excluding ortho intramolecular Hbond substituents is 2. The lowest BCUT2D eigenvalue weighted by molar-refractivity contribution is 0.456. The standard InChI is InChI=1S/C8H11O2P.C2H6/c1-11-5-6-4-7(9)2-3-8(6)10;1-2/h2-4,9-11H,5H2,1H3;1-2H3/p+1. The van der Waals surface area contributed by atoms with Gasteiger partial charge in [-0.15, -0.1) is 0 Å². The molecule has 0 aliphatic heterocycles. The van der Waals surface area contributed by atoms with Gasteiger partial charge in [-0.3, -0.25) is 0 Å². The van der Waals surface area contributed by atoms with Crippen LogP contribution in [0.5, 0.6) is 11.5 Å². The summed E-state index contributed by atoms with van der Waals surface area (Å²) in [5.74, 6) is 0.516. The maximum absolute atomic E-state index is 9.27. The normalized spacial score (nSPS) is 9.77. The molecule has 0 aromatic heterocycles. The highest BCUT2D eigenvalue weighted by Crippen LogP contribution is 2.26. The quantitative estimate of drug-likeness (QED) is 0.570. The Labute approximate surface area is 81.4 Å². The number of rotatable bonds is 2. The van der Waals surface area contributed by atoms with E-state index in [2.05, 4.69) is 6.66 Å². The van der Waals surface area contributed by atoms with Crippen molar-refractivity contribution in [2.24, 2.45) is 0 Å². The molecule has 0 fully saturated rings. The van der Waals surface area contributed by atoms with Crippen molar-refractivity contribution in [3.8, 4) is 11.5 Å². The average molecular weight is 201 g/mol. The van der Waals surface area contributed by atoms with Crippen LogP contribution in [0.25, 0.3) is 0 Å². The zero-order valence-corrected chi connectivity index (χ0v) is 9.57. The molecule has 1 aromatic carbocycles. The Bertz CT molecular complexity index is 249. The van der Waals surface area contributed by atoms with E-state index in [0.29, 0.717) is 8.58 Å². The average Bonchev–Trinajstić information content (AvgIpc) is 2.15. The van der Waals surface area contributed by atoms with Gasteiger partial charge >= 0.3 is 0 Å². The summed E-state index contributed by atoms with van der Waals surface area (Å²) >= 11 is 0. The third kappa shape index (κ3) is 4.14. The van der Waals surface area contributed by atoms with E-state index in [-0.39, 0.29) is 11.5 Å². The summed E-state index contributed by atoms with van der Waals surface area (Å²) in [6.07, 6.45) is 0.889. The Morgan fingerprint density at radius 2 is 1.85 bits per heavy atom. The van der Waals surface area contributed by atoms with Crippen molar-refractivity contribution in [2.75, 3.05) is 6.66 Å². The molecule has 1 rings (SSSR count). The minimum Gasteiger partial charge on any atom is -0.508 e. The fourth-order valence-corrected chi connectivity index (χ4v) is 1.72. The van der Waals surface area contributed by atoms with E-state index < -0.39 is 0 Å². The number of benzene rings is 1. The fraction of sp³-hybridized carbons (Fsp3) is 0.400. The van der Waals surface area contributed by atoms with Gasteiger partial charge in [0.25, 0.3) is 0 Å². The number of hydrogen-bond donors (Lipinski definition) is 2. The summed E-state index contributed by atoms with van der Waals surface area (Å²) < 4.78 is 0. The summed E-state index contributed by atoms with van der Waals surface area (Å²) in [4.78, 5) is 0. The molecular weight excluding hydrogens is 183 g/mol. The third-order valence-electron chi connectivity index (χ3n) is 1.49. The maximum Gasteiger partial charge on any atom is 0.122 e. The van der Waals surface area contributed by atoms with E-state index in [4.69, 9.17) is 5.11 Å². The molecule has 0 spiro atoms. The van der Waals surface area contributed by atoms with Crippen LogP contribution >= 0.6 is 8.58 Å². The first kappa shape index (κ1) is 12.2. The zero-order valence-electron chi connectivity index (χ0n) is 8.41. The topological polar surface area (TPSA) is 40.5 Å². The van der Waals surface area contributed by atoms with Crippen LogP contribution in [0, 0.1) is 0 Å². The molecule has 0 aliphatic carbocycles. The Morgan fingerprint density at radius 3 is 2.38 bits per heavy atom. The first-order valence-electron chi connectivity index (χ1n) is 4.52. The van der Waals surface area contributed by atoms with Crippen molar-refractivity contribution in [3.05, 3.63) is 23.8 Å². The van der Waals surface area contributed by atoms with Crippen LogP contribution in [0.1, 0.15) is 19.4 Å². The Hall–Kier alpha value is -0.750. The number of aromatic hydroxyl groups is 2. The third-order valence-corrected chi connectivity index (χ3v) is 2.34. The first-order chi connectivity index (χ1) is 6.24. The van der Waals surface area contributed by atoms with Crippen molar-refractivity contribution in [1.29, 1.82) is 0 Å². The molecular formula is C10H18O2P+. The van der Waals surface area contributed by atoms with Gasteiger partial charge in [0, 0.05) is 12.2 Å². The van der Waals surface area contributed by atoms with Crippen molar-refractivity contribution in [2.45, 2.75) is 20.0 Å². The molecule has 0 aliphatic rings. The van der Waals surface area contributed by atoms with Gasteiger partial charge in [-0.2, -0.15) is 0 Å². The van der Waals surface area contributed by atoms with Gasteiger partial charge < -0.3 is 10.2 Å². The van der Waals surface area contributed by atoms with Gasteiger partial charge in [0.15, 0.2) is 0 Å². The van der Waals surface area contributed by atoms with E-state index in [1.807, 2.05) is 13.8 Å². The van der Waals surface area contributed by atoms with Gasteiger partial charge in [0.1, 0.15) is 11.5 Å². The predicted molar refractivity (Wildman–Crippen MR) is 60.5 cm³/mol. The highest BCUT2D eigenvalue weighted by molar-refractivity contribution is 7.36. The van der Waals surface area contributed by atoms with Crippen LogP contribution in [0.4, 0.5) is 0 Å². The van der Waals surface area contributed by atoms with E-state index in [1.54, 1.807) is 6.07 Å². The molecule has 0 radical (unpaired) electrons. The van der Waals surface area contributed by atoms with Crippen LogP contribution in [0.3, 0.4) is 0 Å². The zero-order chi connectivity index (χ0) is 10.3. The van der Waals surface area contributed by atoms with Crippen LogP contribution in [-0.4, -0.2) is 16.9 Å². The smallest absolute Gasteiger partial charge is 0.122 e. The molecule has 0 saturated heterocycles. The largest absolute Gasteiger partial charge is 0.508 e. The highest BCUT2D eigenvalue weighted by atomic mass is 31.1. The van der Waals surface area contributed by atoms with Crippen LogP contribution in [0.15, 0.2) is 18.2 Å². The Kier molecular flexibility index (Phi) is 6.34. The van der Waals surface area contributed by atoms with Crippen LogP contribution < -0.4 is 0 Å². The second kappa shape index (κ2) is 6.73. The SMILES string of the molecule is CC.C[PH2+]Cc1cc(O)ccc1O. The molecule has 1 aromatic rings.